The fraction of sp³-hybridized carbons (Fsp3) is 0.444. The number of rotatable bonds is 3. The van der Waals surface area contributed by atoms with Crippen LogP contribution in [-0.2, 0) is 14.3 Å². The Kier molecular flexibility index (Phi) is 5.21. The molecule has 8 nitrogen and oxygen atoms in total. The van der Waals surface area contributed by atoms with Crippen molar-refractivity contribution in [2.45, 2.75) is 6.92 Å². The molecule has 0 aliphatic carbocycles. The number of fused-ring (bicyclic) bond motifs is 1. The van der Waals surface area contributed by atoms with Gasteiger partial charge in [-0.05, 0) is 19.1 Å². The molecule has 2 fully saturated rings. The fourth-order valence-electron chi connectivity index (χ4n) is 3.88. The molecular formula is C18H21ClN4O4. The quantitative estimate of drug-likeness (QED) is 0.731. The smallest absolute Gasteiger partial charge is 0.316 e. The van der Waals surface area contributed by atoms with Crippen LogP contribution >= 0.6 is 12.4 Å². The van der Waals surface area contributed by atoms with Gasteiger partial charge in [0.15, 0.2) is 5.82 Å². The number of carbonyl (C=O) groups excluding carboxylic acids is 2. The van der Waals surface area contributed by atoms with E-state index < -0.39 is 5.41 Å². The maximum Gasteiger partial charge on any atom is 0.316 e. The molecule has 27 heavy (non-hydrogen) atoms. The Labute approximate surface area is 162 Å². The second-order valence-corrected chi connectivity index (χ2v) is 6.79. The molecule has 2 atom stereocenters. The highest BCUT2D eigenvalue weighted by Gasteiger charge is 2.57. The van der Waals surface area contributed by atoms with Gasteiger partial charge in [0, 0.05) is 25.2 Å². The number of nitrogens with zero attached hydrogens (tertiary/aromatic N) is 4. The first-order chi connectivity index (χ1) is 12.6. The van der Waals surface area contributed by atoms with Crippen molar-refractivity contribution in [1.29, 1.82) is 0 Å². The van der Waals surface area contributed by atoms with Crippen molar-refractivity contribution >= 4 is 24.3 Å². The second kappa shape index (κ2) is 7.28. The van der Waals surface area contributed by atoms with Gasteiger partial charge in [-0.2, -0.15) is 5.10 Å². The third-order valence-electron chi connectivity index (χ3n) is 5.36. The van der Waals surface area contributed by atoms with Gasteiger partial charge in [0.25, 0.3) is 5.91 Å². The van der Waals surface area contributed by atoms with Crippen molar-refractivity contribution in [2.24, 2.45) is 11.3 Å². The summed E-state index contributed by atoms with van der Waals surface area (Å²) >= 11 is 0. The first-order valence-electron chi connectivity index (χ1n) is 8.48. The molecule has 2 aliphatic heterocycles. The molecule has 2 aromatic heterocycles. The minimum atomic E-state index is -0.755. The molecule has 0 spiro atoms. The molecule has 4 rings (SSSR count). The monoisotopic (exact) mass is 392 g/mol. The first-order valence-corrected chi connectivity index (χ1v) is 8.48. The molecule has 2 aliphatic rings. The Bertz CT molecular complexity index is 856. The zero-order valence-electron chi connectivity index (χ0n) is 15.1. The van der Waals surface area contributed by atoms with Gasteiger partial charge in [-0.3, -0.25) is 9.59 Å². The van der Waals surface area contributed by atoms with Crippen molar-refractivity contribution in [3.8, 4) is 5.82 Å². The topological polar surface area (TPSA) is 86.5 Å². The van der Waals surface area contributed by atoms with Gasteiger partial charge in [-0.15, -0.1) is 12.4 Å². The van der Waals surface area contributed by atoms with Crippen LogP contribution in [0.1, 0.15) is 16.1 Å². The zero-order valence-corrected chi connectivity index (χ0v) is 15.9. The summed E-state index contributed by atoms with van der Waals surface area (Å²) in [6.45, 7) is 3.37. The molecule has 0 unspecified atom stereocenters. The number of likely N-dealkylation sites (tertiary alicyclic amines) is 1. The minimum absolute atomic E-state index is 0. The number of esters is 1. The molecule has 144 valence electrons. The molecule has 9 heteroatoms. The number of halogens is 1. The second-order valence-electron chi connectivity index (χ2n) is 6.79. The van der Waals surface area contributed by atoms with Crippen LogP contribution in [0.2, 0.25) is 0 Å². The molecule has 4 heterocycles. The van der Waals surface area contributed by atoms with Crippen LogP contribution < -0.4 is 0 Å². The molecule has 1 amide bonds. The first kappa shape index (κ1) is 19.3. The number of pyridine rings is 1. The highest BCUT2D eigenvalue weighted by atomic mass is 35.5. The number of methoxy groups -OCH3 is 1. The maximum absolute atomic E-state index is 13.1. The Balaban J connectivity index is 0.00000210. The summed E-state index contributed by atoms with van der Waals surface area (Å²) in [5, 5.41) is 4.31. The maximum atomic E-state index is 13.1. The van der Waals surface area contributed by atoms with E-state index in [9.17, 15) is 9.59 Å². The summed E-state index contributed by atoms with van der Waals surface area (Å²) in [7, 11) is 1.37. The van der Waals surface area contributed by atoms with E-state index in [1.807, 2.05) is 25.1 Å². The number of aromatic nitrogens is 3. The van der Waals surface area contributed by atoms with E-state index in [0.717, 1.165) is 0 Å². The van der Waals surface area contributed by atoms with Crippen LogP contribution in [0, 0.1) is 18.3 Å². The van der Waals surface area contributed by atoms with E-state index in [-0.39, 0.29) is 30.2 Å². The molecule has 0 N–H and O–H groups in total. The third-order valence-corrected chi connectivity index (χ3v) is 5.36. The molecule has 0 bridgehead atoms. The lowest BCUT2D eigenvalue weighted by atomic mass is 9.81. The van der Waals surface area contributed by atoms with Gasteiger partial charge in [0.1, 0.15) is 5.41 Å². The lowest BCUT2D eigenvalue weighted by Crippen LogP contribution is -2.41. The van der Waals surface area contributed by atoms with Crippen LogP contribution in [0.3, 0.4) is 0 Å². The van der Waals surface area contributed by atoms with E-state index in [2.05, 4.69) is 10.1 Å². The summed E-state index contributed by atoms with van der Waals surface area (Å²) in [6, 6.07) is 5.52. The Morgan fingerprint density at radius 1 is 1.37 bits per heavy atom. The van der Waals surface area contributed by atoms with Crippen LogP contribution in [0.4, 0.5) is 0 Å². The van der Waals surface area contributed by atoms with Gasteiger partial charge >= 0.3 is 5.97 Å². The van der Waals surface area contributed by atoms with Gasteiger partial charge in [0.2, 0.25) is 0 Å². The predicted molar refractivity (Wildman–Crippen MR) is 98.0 cm³/mol. The molecule has 0 saturated carbocycles. The average Bonchev–Trinajstić information content (AvgIpc) is 3.33. The summed E-state index contributed by atoms with van der Waals surface area (Å²) in [5.41, 5.74) is 0.473. The lowest BCUT2D eigenvalue weighted by molar-refractivity contribution is -0.153. The Hall–Kier alpha value is -2.45. The standard InChI is InChI=1S/C18H20N4O4.ClH/c1-12-14(7-20-22(12)15-5-3-4-6-19-15)16(23)21-8-13-9-26-11-18(13,10-21)17(24)25-2;/h3-7,13H,8-11H2,1-2H3;1H/t13-,18-;/m0./s1. The van der Waals surface area contributed by atoms with Crippen molar-refractivity contribution in [3.63, 3.8) is 0 Å². The Morgan fingerprint density at radius 3 is 2.89 bits per heavy atom. The fourth-order valence-corrected chi connectivity index (χ4v) is 3.88. The molecule has 2 aromatic rings. The SMILES string of the molecule is COC(=O)[C@@]12COC[C@@H]1CN(C(=O)c1cnn(-c3ccccn3)c1C)C2.Cl. The van der Waals surface area contributed by atoms with E-state index in [1.54, 1.807) is 22.0 Å². The number of ether oxygens (including phenoxy) is 2. The van der Waals surface area contributed by atoms with Crippen LogP contribution in [0.25, 0.3) is 5.82 Å². The van der Waals surface area contributed by atoms with E-state index in [4.69, 9.17) is 9.47 Å². The van der Waals surface area contributed by atoms with E-state index >= 15 is 0 Å². The summed E-state index contributed by atoms with van der Waals surface area (Å²) in [4.78, 5) is 31.3. The number of carbonyl (C=O) groups is 2. The third kappa shape index (κ3) is 2.98. The van der Waals surface area contributed by atoms with Crippen molar-refractivity contribution in [1.82, 2.24) is 19.7 Å². The van der Waals surface area contributed by atoms with Crippen molar-refractivity contribution in [3.05, 3.63) is 41.9 Å². The molecule has 0 aromatic carbocycles. The van der Waals surface area contributed by atoms with Gasteiger partial charge in [-0.25, -0.2) is 9.67 Å². The van der Waals surface area contributed by atoms with Gasteiger partial charge in [-0.1, -0.05) is 6.07 Å². The van der Waals surface area contributed by atoms with Crippen molar-refractivity contribution in [2.75, 3.05) is 33.4 Å². The van der Waals surface area contributed by atoms with Crippen molar-refractivity contribution < 1.29 is 19.1 Å². The van der Waals surface area contributed by atoms with Crippen LogP contribution in [0.5, 0.6) is 0 Å². The van der Waals surface area contributed by atoms with Crippen LogP contribution in [0.15, 0.2) is 30.6 Å². The Morgan fingerprint density at radius 2 is 2.19 bits per heavy atom. The molecule has 2 saturated heterocycles. The van der Waals surface area contributed by atoms with Crippen LogP contribution in [-0.4, -0.2) is 65.0 Å². The summed E-state index contributed by atoms with van der Waals surface area (Å²) < 4.78 is 12.1. The highest BCUT2D eigenvalue weighted by Crippen LogP contribution is 2.42. The zero-order chi connectivity index (χ0) is 18.3. The van der Waals surface area contributed by atoms with Gasteiger partial charge in [0.05, 0.1) is 37.8 Å². The largest absolute Gasteiger partial charge is 0.468 e. The van der Waals surface area contributed by atoms with Gasteiger partial charge < -0.3 is 14.4 Å². The van der Waals surface area contributed by atoms with E-state index in [1.165, 1.54) is 7.11 Å². The highest BCUT2D eigenvalue weighted by molar-refractivity contribution is 5.96. The summed E-state index contributed by atoms with van der Waals surface area (Å²) in [5.74, 6) is 0.172. The average molecular weight is 393 g/mol. The molecule has 0 radical (unpaired) electrons. The number of hydrogen-bond acceptors (Lipinski definition) is 6. The predicted octanol–water partition coefficient (Wildman–Crippen LogP) is 1.26. The number of amides is 1. The minimum Gasteiger partial charge on any atom is -0.468 e. The lowest BCUT2D eigenvalue weighted by Gasteiger charge is -2.23. The number of hydrogen-bond donors (Lipinski definition) is 0. The molecular weight excluding hydrogens is 372 g/mol. The summed E-state index contributed by atoms with van der Waals surface area (Å²) in [6.07, 6.45) is 3.24. The normalized spacial score (nSPS) is 23.6. The van der Waals surface area contributed by atoms with E-state index in [0.29, 0.717) is 43.4 Å².